The Morgan fingerprint density at radius 3 is 2.82 bits per heavy atom. The number of benzene rings is 1. The fourth-order valence-electron chi connectivity index (χ4n) is 1.82. The fraction of sp³-hybridized carbons (Fsp3) is 0.455. The maximum absolute atomic E-state index is 12.0. The minimum absolute atomic E-state index is 0.154. The number of hydrogen-bond acceptors (Lipinski definition) is 2. The Morgan fingerprint density at radius 1 is 1.35 bits per heavy atom. The minimum Gasteiger partial charge on any atom is -0.493 e. The lowest BCUT2D eigenvalue weighted by Gasteiger charge is -2.11. The van der Waals surface area contributed by atoms with Gasteiger partial charge in [0.1, 0.15) is 5.75 Å². The topological polar surface area (TPSA) is 21.3 Å². The summed E-state index contributed by atoms with van der Waals surface area (Å²) in [5.41, 5.74) is 1.80. The summed E-state index contributed by atoms with van der Waals surface area (Å²) in [4.78, 5) is 0. The second-order valence-corrected chi connectivity index (χ2v) is 4.79. The van der Waals surface area contributed by atoms with E-state index in [9.17, 15) is 13.2 Å². The van der Waals surface area contributed by atoms with Crippen LogP contribution in [-0.4, -0.2) is 19.3 Å². The van der Waals surface area contributed by atoms with Crippen LogP contribution < -0.4 is 10.1 Å². The van der Waals surface area contributed by atoms with Gasteiger partial charge < -0.3 is 10.1 Å². The molecule has 1 heterocycles. The van der Waals surface area contributed by atoms with Crippen LogP contribution >= 0.6 is 15.9 Å². The molecule has 0 bridgehead atoms. The smallest absolute Gasteiger partial charge is 0.401 e. The maximum atomic E-state index is 12.0. The quantitative estimate of drug-likeness (QED) is 0.926. The molecule has 0 aromatic heterocycles. The Hall–Kier alpha value is -0.750. The third kappa shape index (κ3) is 3.35. The van der Waals surface area contributed by atoms with Gasteiger partial charge in [-0.05, 0) is 17.7 Å². The molecule has 1 aliphatic rings. The molecular formula is C11H11BrF3NO. The molecular weight excluding hydrogens is 299 g/mol. The van der Waals surface area contributed by atoms with Crippen molar-refractivity contribution in [3.63, 3.8) is 0 Å². The van der Waals surface area contributed by atoms with Crippen molar-refractivity contribution in [2.45, 2.75) is 19.1 Å². The summed E-state index contributed by atoms with van der Waals surface area (Å²) in [6.07, 6.45) is -3.38. The molecule has 0 saturated carbocycles. The maximum Gasteiger partial charge on any atom is 0.401 e. The highest BCUT2D eigenvalue weighted by molar-refractivity contribution is 9.10. The molecule has 0 spiro atoms. The fourth-order valence-corrected chi connectivity index (χ4v) is 2.37. The number of rotatable bonds is 3. The second kappa shape index (κ2) is 4.86. The third-order valence-corrected chi connectivity index (χ3v) is 2.92. The Morgan fingerprint density at radius 2 is 2.12 bits per heavy atom. The zero-order valence-electron chi connectivity index (χ0n) is 8.90. The predicted molar refractivity (Wildman–Crippen MR) is 61.1 cm³/mol. The first kappa shape index (κ1) is 12.7. The molecule has 17 heavy (non-hydrogen) atoms. The number of alkyl halides is 3. The molecule has 0 atom stereocenters. The zero-order valence-corrected chi connectivity index (χ0v) is 10.5. The first-order valence-corrected chi connectivity index (χ1v) is 5.96. The van der Waals surface area contributed by atoms with Gasteiger partial charge in [0.15, 0.2) is 0 Å². The van der Waals surface area contributed by atoms with Crippen LogP contribution in [-0.2, 0) is 13.0 Å². The van der Waals surface area contributed by atoms with Gasteiger partial charge in [0.25, 0.3) is 0 Å². The van der Waals surface area contributed by atoms with Crippen molar-refractivity contribution >= 4 is 15.9 Å². The van der Waals surface area contributed by atoms with Crippen molar-refractivity contribution in [1.82, 2.24) is 5.32 Å². The third-order valence-electron chi connectivity index (χ3n) is 2.47. The molecule has 0 fully saturated rings. The lowest BCUT2D eigenvalue weighted by molar-refractivity contribution is -0.125. The van der Waals surface area contributed by atoms with Gasteiger partial charge in [0.2, 0.25) is 0 Å². The molecule has 1 aliphatic heterocycles. The number of halogens is 4. The molecule has 0 unspecified atom stereocenters. The van der Waals surface area contributed by atoms with Crippen molar-refractivity contribution in [1.29, 1.82) is 0 Å². The van der Waals surface area contributed by atoms with Gasteiger partial charge in [-0.3, -0.25) is 0 Å². The van der Waals surface area contributed by atoms with Crippen LogP contribution in [0.3, 0.4) is 0 Å². The van der Waals surface area contributed by atoms with Gasteiger partial charge in [-0.25, -0.2) is 0 Å². The molecule has 2 nitrogen and oxygen atoms in total. The summed E-state index contributed by atoms with van der Waals surface area (Å²) in [5.74, 6) is 0.725. The van der Waals surface area contributed by atoms with Gasteiger partial charge in [-0.15, -0.1) is 0 Å². The Balaban J connectivity index is 2.06. The van der Waals surface area contributed by atoms with Crippen LogP contribution in [0.1, 0.15) is 11.1 Å². The van der Waals surface area contributed by atoms with E-state index in [0.717, 1.165) is 27.8 Å². The van der Waals surface area contributed by atoms with E-state index in [2.05, 4.69) is 21.2 Å². The van der Waals surface area contributed by atoms with Crippen molar-refractivity contribution in [3.8, 4) is 5.75 Å². The van der Waals surface area contributed by atoms with E-state index in [1.54, 1.807) is 6.07 Å². The standard InChI is InChI=1S/C11H11BrF3NO/c12-9-3-7-1-2-17-10(7)8(4-9)5-16-6-11(13,14)15/h3-4,16H,1-2,5-6H2. The number of hydrogen-bond donors (Lipinski definition) is 1. The Kier molecular flexibility index (Phi) is 3.63. The predicted octanol–water partition coefficient (Wildman–Crippen LogP) is 3.04. The molecule has 1 aromatic carbocycles. The van der Waals surface area contributed by atoms with Crippen molar-refractivity contribution in [2.75, 3.05) is 13.2 Å². The number of ether oxygens (including phenoxy) is 1. The first-order chi connectivity index (χ1) is 7.96. The summed E-state index contributed by atoms with van der Waals surface area (Å²) >= 11 is 3.34. The van der Waals surface area contributed by atoms with E-state index >= 15 is 0 Å². The van der Waals surface area contributed by atoms with Crippen molar-refractivity contribution in [3.05, 3.63) is 27.7 Å². The van der Waals surface area contributed by atoms with Crippen LogP contribution in [0.25, 0.3) is 0 Å². The van der Waals surface area contributed by atoms with Crippen molar-refractivity contribution in [2.24, 2.45) is 0 Å². The van der Waals surface area contributed by atoms with Crippen molar-refractivity contribution < 1.29 is 17.9 Å². The van der Waals surface area contributed by atoms with Crippen LogP contribution in [0.5, 0.6) is 5.75 Å². The Bertz CT molecular complexity index is 420. The Labute approximate surface area is 105 Å². The van der Waals surface area contributed by atoms with Gasteiger partial charge in [0, 0.05) is 23.0 Å². The molecule has 0 radical (unpaired) electrons. The normalized spacial score (nSPS) is 14.6. The number of fused-ring (bicyclic) bond motifs is 1. The van der Waals surface area contributed by atoms with E-state index in [0.29, 0.717) is 6.61 Å². The van der Waals surface area contributed by atoms with Crippen LogP contribution in [0, 0.1) is 0 Å². The van der Waals surface area contributed by atoms with E-state index in [-0.39, 0.29) is 6.54 Å². The van der Waals surface area contributed by atoms with Gasteiger partial charge in [-0.2, -0.15) is 13.2 Å². The molecule has 0 aliphatic carbocycles. The van der Waals surface area contributed by atoms with Crippen LogP contribution in [0.4, 0.5) is 13.2 Å². The molecule has 2 rings (SSSR count). The zero-order chi connectivity index (χ0) is 12.5. The molecule has 6 heteroatoms. The molecule has 0 saturated heterocycles. The summed E-state index contributed by atoms with van der Waals surface area (Å²) in [6.45, 7) is -0.242. The molecule has 1 N–H and O–H groups in total. The molecule has 1 aromatic rings. The van der Waals surface area contributed by atoms with Gasteiger partial charge in [-0.1, -0.05) is 15.9 Å². The average Bonchev–Trinajstić information content (AvgIpc) is 2.63. The van der Waals surface area contributed by atoms with E-state index in [1.807, 2.05) is 6.07 Å². The van der Waals surface area contributed by atoms with E-state index in [1.165, 1.54) is 0 Å². The SMILES string of the molecule is FC(F)(F)CNCc1cc(Br)cc2c1OCC2. The monoisotopic (exact) mass is 309 g/mol. The van der Waals surface area contributed by atoms with Crippen LogP contribution in [0.15, 0.2) is 16.6 Å². The highest BCUT2D eigenvalue weighted by atomic mass is 79.9. The lowest BCUT2D eigenvalue weighted by atomic mass is 10.1. The minimum atomic E-state index is -4.18. The lowest BCUT2D eigenvalue weighted by Crippen LogP contribution is -2.28. The summed E-state index contributed by atoms with van der Waals surface area (Å²) in [6, 6.07) is 3.73. The van der Waals surface area contributed by atoms with E-state index < -0.39 is 12.7 Å². The van der Waals surface area contributed by atoms with Gasteiger partial charge >= 0.3 is 6.18 Å². The summed E-state index contributed by atoms with van der Waals surface area (Å²) in [7, 11) is 0. The highest BCUT2D eigenvalue weighted by Gasteiger charge is 2.26. The largest absolute Gasteiger partial charge is 0.493 e. The number of nitrogens with one attached hydrogen (secondary N) is 1. The second-order valence-electron chi connectivity index (χ2n) is 3.87. The summed E-state index contributed by atoms with van der Waals surface area (Å²) in [5, 5.41) is 2.37. The summed E-state index contributed by atoms with van der Waals surface area (Å²) < 4.78 is 42.3. The van der Waals surface area contributed by atoms with Gasteiger partial charge in [0.05, 0.1) is 13.2 Å². The van der Waals surface area contributed by atoms with E-state index in [4.69, 9.17) is 4.74 Å². The first-order valence-electron chi connectivity index (χ1n) is 5.17. The molecule has 94 valence electrons. The van der Waals surface area contributed by atoms with Crippen LogP contribution in [0.2, 0.25) is 0 Å². The average molecular weight is 310 g/mol. The molecule has 0 amide bonds. The highest BCUT2D eigenvalue weighted by Crippen LogP contribution is 2.32.